The van der Waals surface area contributed by atoms with Gasteiger partial charge in [-0.3, -0.25) is 0 Å². The average Bonchev–Trinajstić information content (AvgIpc) is 2.34. The summed E-state index contributed by atoms with van der Waals surface area (Å²) in [5, 5.41) is 3.54. The second-order valence-electron chi connectivity index (χ2n) is 3.52. The Balaban J connectivity index is 2.29. The molecule has 2 rings (SSSR count). The van der Waals surface area contributed by atoms with E-state index in [0.29, 0.717) is 16.7 Å². The molecule has 0 spiro atoms. The molecule has 2 heterocycles. The van der Waals surface area contributed by atoms with Gasteiger partial charge in [-0.1, -0.05) is 23.2 Å². The number of alkyl halides is 1. The lowest BCUT2D eigenvalue weighted by molar-refractivity contribution is 0.365. The van der Waals surface area contributed by atoms with E-state index >= 15 is 0 Å². The molecule has 0 aliphatic heterocycles. The van der Waals surface area contributed by atoms with Crippen LogP contribution < -0.4 is 5.32 Å². The molecule has 1 unspecified atom stereocenters. The Morgan fingerprint density at radius 1 is 1.22 bits per heavy atom. The van der Waals surface area contributed by atoms with Gasteiger partial charge in [0.2, 0.25) is 0 Å². The fraction of sp³-hybridized carbons (Fsp3) is 0.182. The van der Waals surface area contributed by atoms with Crippen LogP contribution in [0.5, 0.6) is 0 Å². The topological polar surface area (TPSA) is 50.7 Å². The quantitative estimate of drug-likeness (QED) is 0.928. The van der Waals surface area contributed by atoms with Gasteiger partial charge in [0.05, 0.1) is 10.7 Å². The highest BCUT2D eigenvalue weighted by molar-refractivity contribution is 6.33. The smallest absolute Gasteiger partial charge is 0.154 e. The average molecular weight is 287 g/mol. The number of pyridine rings is 1. The number of rotatable bonds is 3. The molecule has 0 aliphatic carbocycles. The SMILES string of the molecule is CC(F)c1ncnc(Nc2ccc(Cl)cn2)c1Cl. The standard InChI is InChI=1S/C11H9Cl2FN4/c1-6(14)10-9(13)11(17-5-16-10)18-8-3-2-7(12)4-15-8/h2-6H,1H3,(H,15,16,17,18). The summed E-state index contributed by atoms with van der Waals surface area (Å²) in [5.41, 5.74) is 0.142. The van der Waals surface area contributed by atoms with Gasteiger partial charge in [0.1, 0.15) is 23.3 Å². The fourth-order valence-corrected chi connectivity index (χ4v) is 1.73. The Kier molecular flexibility index (Phi) is 3.93. The van der Waals surface area contributed by atoms with Gasteiger partial charge >= 0.3 is 0 Å². The minimum absolute atomic E-state index is 0.142. The van der Waals surface area contributed by atoms with Gasteiger partial charge in [-0.15, -0.1) is 0 Å². The molecule has 0 radical (unpaired) electrons. The first-order valence-corrected chi connectivity index (χ1v) is 5.86. The van der Waals surface area contributed by atoms with Crippen LogP contribution in [-0.2, 0) is 0 Å². The van der Waals surface area contributed by atoms with Gasteiger partial charge in [0.15, 0.2) is 5.82 Å². The zero-order valence-corrected chi connectivity index (χ0v) is 10.9. The van der Waals surface area contributed by atoms with Crippen LogP contribution in [0, 0.1) is 0 Å². The minimum Gasteiger partial charge on any atom is -0.324 e. The minimum atomic E-state index is -1.26. The summed E-state index contributed by atoms with van der Waals surface area (Å²) >= 11 is 11.7. The lowest BCUT2D eigenvalue weighted by Crippen LogP contribution is -2.01. The highest BCUT2D eigenvalue weighted by atomic mass is 35.5. The van der Waals surface area contributed by atoms with E-state index in [1.807, 2.05) is 0 Å². The number of nitrogens with one attached hydrogen (secondary N) is 1. The van der Waals surface area contributed by atoms with Crippen LogP contribution in [0.15, 0.2) is 24.7 Å². The Labute approximate surface area is 113 Å². The fourth-order valence-electron chi connectivity index (χ4n) is 1.32. The van der Waals surface area contributed by atoms with Crippen molar-refractivity contribution >= 4 is 34.8 Å². The van der Waals surface area contributed by atoms with E-state index in [9.17, 15) is 4.39 Å². The van der Waals surface area contributed by atoms with Crippen molar-refractivity contribution in [2.24, 2.45) is 0 Å². The maximum Gasteiger partial charge on any atom is 0.154 e. The molecular weight excluding hydrogens is 278 g/mol. The summed E-state index contributed by atoms with van der Waals surface area (Å²) in [4.78, 5) is 11.8. The van der Waals surface area contributed by atoms with Crippen molar-refractivity contribution in [3.8, 4) is 0 Å². The molecule has 18 heavy (non-hydrogen) atoms. The van der Waals surface area contributed by atoms with Crippen LogP contribution in [0.4, 0.5) is 16.0 Å². The molecule has 0 fully saturated rings. The molecule has 2 aromatic rings. The Morgan fingerprint density at radius 2 is 2.00 bits per heavy atom. The number of aromatic nitrogens is 3. The van der Waals surface area contributed by atoms with E-state index < -0.39 is 6.17 Å². The van der Waals surface area contributed by atoms with Crippen LogP contribution in [0.3, 0.4) is 0 Å². The number of anilines is 2. The van der Waals surface area contributed by atoms with E-state index in [2.05, 4.69) is 20.3 Å². The first kappa shape index (κ1) is 13.0. The summed E-state index contributed by atoms with van der Waals surface area (Å²) < 4.78 is 13.2. The maximum absolute atomic E-state index is 13.2. The van der Waals surface area contributed by atoms with Crippen LogP contribution in [0.1, 0.15) is 18.8 Å². The summed E-state index contributed by atoms with van der Waals surface area (Å²) in [6, 6.07) is 3.34. The predicted molar refractivity (Wildman–Crippen MR) is 69.1 cm³/mol. The lowest BCUT2D eigenvalue weighted by atomic mass is 10.3. The van der Waals surface area contributed by atoms with E-state index in [1.165, 1.54) is 19.4 Å². The largest absolute Gasteiger partial charge is 0.324 e. The Morgan fingerprint density at radius 3 is 2.61 bits per heavy atom. The van der Waals surface area contributed by atoms with Crippen molar-refractivity contribution < 1.29 is 4.39 Å². The van der Waals surface area contributed by atoms with Crippen molar-refractivity contribution in [3.63, 3.8) is 0 Å². The number of hydrogen-bond acceptors (Lipinski definition) is 4. The second-order valence-corrected chi connectivity index (χ2v) is 4.34. The molecule has 0 saturated heterocycles. The molecule has 4 nitrogen and oxygen atoms in total. The molecular formula is C11H9Cl2FN4. The zero-order valence-electron chi connectivity index (χ0n) is 9.36. The molecule has 94 valence electrons. The molecule has 2 aromatic heterocycles. The molecule has 1 atom stereocenters. The van der Waals surface area contributed by atoms with Crippen molar-refractivity contribution in [1.29, 1.82) is 0 Å². The summed E-state index contributed by atoms with van der Waals surface area (Å²) in [7, 11) is 0. The van der Waals surface area contributed by atoms with Crippen molar-refractivity contribution in [3.05, 3.63) is 40.4 Å². The van der Waals surface area contributed by atoms with E-state index in [-0.39, 0.29) is 10.7 Å². The third-order valence-corrected chi connectivity index (χ3v) is 2.76. The normalized spacial score (nSPS) is 12.2. The van der Waals surface area contributed by atoms with Gasteiger partial charge in [-0.05, 0) is 19.1 Å². The monoisotopic (exact) mass is 286 g/mol. The molecule has 0 bridgehead atoms. The summed E-state index contributed by atoms with van der Waals surface area (Å²) in [6.45, 7) is 1.36. The Hall–Kier alpha value is -1.46. The van der Waals surface area contributed by atoms with Crippen molar-refractivity contribution in [2.45, 2.75) is 13.1 Å². The van der Waals surface area contributed by atoms with Crippen LogP contribution in [0.25, 0.3) is 0 Å². The van der Waals surface area contributed by atoms with Gasteiger partial charge < -0.3 is 5.32 Å². The first-order chi connectivity index (χ1) is 8.58. The highest BCUT2D eigenvalue weighted by Crippen LogP contribution is 2.29. The molecule has 0 saturated carbocycles. The lowest BCUT2D eigenvalue weighted by Gasteiger charge is -2.09. The summed E-state index contributed by atoms with van der Waals surface area (Å²) in [6.07, 6.45) is 1.46. The molecule has 7 heteroatoms. The van der Waals surface area contributed by atoms with Crippen molar-refractivity contribution in [2.75, 3.05) is 5.32 Å². The van der Waals surface area contributed by atoms with E-state index in [1.54, 1.807) is 12.1 Å². The molecule has 1 N–H and O–H groups in total. The Bertz CT molecular complexity index is 545. The van der Waals surface area contributed by atoms with Gasteiger partial charge in [0.25, 0.3) is 0 Å². The van der Waals surface area contributed by atoms with Gasteiger partial charge in [-0.2, -0.15) is 0 Å². The predicted octanol–water partition coefficient (Wildman–Crippen LogP) is 3.95. The van der Waals surface area contributed by atoms with Crippen LogP contribution >= 0.6 is 23.2 Å². The van der Waals surface area contributed by atoms with Crippen LogP contribution in [-0.4, -0.2) is 15.0 Å². The molecule has 0 amide bonds. The first-order valence-electron chi connectivity index (χ1n) is 5.11. The van der Waals surface area contributed by atoms with E-state index in [4.69, 9.17) is 23.2 Å². The van der Waals surface area contributed by atoms with Gasteiger partial charge in [0, 0.05) is 6.20 Å². The maximum atomic E-state index is 13.2. The number of nitrogens with zero attached hydrogens (tertiary/aromatic N) is 3. The molecule has 0 aromatic carbocycles. The van der Waals surface area contributed by atoms with E-state index in [0.717, 1.165) is 0 Å². The van der Waals surface area contributed by atoms with Gasteiger partial charge in [-0.25, -0.2) is 19.3 Å². The third-order valence-electron chi connectivity index (χ3n) is 2.17. The van der Waals surface area contributed by atoms with Crippen molar-refractivity contribution in [1.82, 2.24) is 15.0 Å². The number of hydrogen-bond donors (Lipinski definition) is 1. The summed E-state index contributed by atoms with van der Waals surface area (Å²) in [5.74, 6) is 0.818. The van der Waals surface area contributed by atoms with Crippen LogP contribution in [0.2, 0.25) is 10.0 Å². The highest BCUT2D eigenvalue weighted by Gasteiger charge is 2.14. The third kappa shape index (κ3) is 2.86. The molecule has 0 aliphatic rings. The zero-order chi connectivity index (χ0) is 13.1. The number of halogens is 3. The second kappa shape index (κ2) is 5.46.